The van der Waals surface area contributed by atoms with Crippen molar-refractivity contribution in [2.75, 3.05) is 18.5 Å². The fourth-order valence-corrected chi connectivity index (χ4v) is 2.52. The van der Waals surface area contributed by atoms with Gasteiger partial charge in [-0.3, -0.25) is 14.5 Å². The first-order valence-electron chi connectivity index (χ1n) is 6.80. The molecule has 2 rings (SSSR count). The Kier molecular flexibility index (Phi) is 4.39. The third kappa shape index (κ3) is 2.82. The molecule has 0 radical (unpaired) electrons. The molecule has 108 valence electrons. The molecule has 5 heteroatoms. The van der Waals surface area contributed by atoms with E-state index in [4.69, 9.17) is 4.74 Å². The second-order valence-corrected chi connectivity index (χ2v) is 4.97. The van der Waals surface area contributed by atoms with Crippen LogP contribution in [0.5, 0.6) is 0 Å². The number of anilines is 1. The fraction of sp³-hybridized carbons (Fsp3) is 0.467. The van der Waals surface area contributed by atoms with E-state index in [1.807, 2.05) is 30.9 Å². The van der Waals surface area contributed by atoms with Crippen LogP contribution in [-0.4, -0.2) is 36.5 Å². The van der Waals surface area contributed by atoms with Gasteiger partial charge in [-0.2, -0.15) is 0 Å². The molecule has 1 N–H and O–H groups in total. The van der Waals surface area contributed by atoms with E-state index >= 15 is 0 Å². The van der Waals surface area contributed by atoms with Gasteiger partial charge in [0.15, 0.2) is 6.29 Å². The molecule has 0 aliphatic carbocycles. The monoisotopic (exact) mass is 276 g/mol. The van der Waals surface area contributed by atoms with Gasteiger partial charge in [-0.25, -0.2) is 0 Å². The quantitative estimate of drug-likeness (QED) is 0.672. The molecule has 1 aromatic rings. The Morgan fingerprint density at radius 1 is 1.50 bits per heavy atom. The van der Waals surface area contributed by atoms with E-state index < -0.39 is 6.17 Å². The van der Waals surface area contributed by atoms with Crippen molar-refractivity contribution in [3.05, 3.63) is 29.3 Å². The largest absolute Gasteiger partial charge is 0.465 e. The summed E-state index contributed by atoms with van der Waals surface area (Å²) in [4.78, 5) is 24.8. The van der Waals surface area contributed by atoms with Gasteiger partial charge in [-0.05, 0) is 32.4 Å². The molecule has 1 aliphatic rings. The molecule has 5 nitrogen and oxygen atoms in total. The summed E-state index contributed by atoms with van der Waals surface area (Å²) in [5, 5.41) is 3.15. The molecule has 0 saturated heterocycles. The van der Waals surface area contributed by atoms with Gasteiger partial charge in [-0.1, -0.05) is 17.7 Å². The molecule has 0 amide bonds. The highest BCUT2D eigenvalue weighted by Crippen LogP contribution is 2.34. The highest BCUT2D eigenvalue weighted by molar-refractivity contribution is 5.74. The first-order chi connectivity index (χ1) is 9.56. The van der Waals surface area contributed by atoms with Gasteiger partial charge in [0, 0.05) is 11.7 Å². The minimum absolute atomic E-state index is 0.0224. The lowest BCUT2D eigenvalue weighted by Crippen LogP contribution is -2.49. The van der Waals surface area contributed by atoms with Crippen LogP contribution < -0.4 is 5.32 Å². The number of aryl methyl sites for hydroxylation is 1. The molecule has 1 heterocycles. The molecule has 1 aromatic carbocycles. The zero-order valence-electron chi connectivity index (χ0n) is 12.1. The fourth-order valence-electron chi connectivity index (χ4n) is 2.52. The number of nitrogens with one attached hydrogen (secondary N) is 1. The van der Waals surface area contributed by atoms with Gasteiger partial charge in [-0.15, -0.1) is 0 Å². The maximum atomic E-state index is 11.7. The number of hydrogen-bond acceptors (Lipinski definition) is 5. The van der Waals surface area contributed by atoms with Gasteiger partial charge in [0.25, 0.3) is 0 Å². The predicted molar refractivity (Wildman–Crippen MR) is 76.4 cm³/mol. The molecule has 0 fully saturated rings. The molecule has 1 aliphatic heterocycles. The van der Waals surface area contributed by atoms with Crippen molar-refractivity contribution >= 4 is 17.9 Å². The molecule has 0 aromatic heterocycles. The van der Waals surface area contributed by atoms with Crippen LogP contribution in [0.3, 0.4) is 0 Å². The maximum absolute atomic E-state index is 11.7. The number of benzene rings is 1. The highest BCUT2D eigenvalue weighted by Gasteiger charge is 2.32. The molecular formula is C15H20N2O3. The summed E-state index contributed by atoms with van der Waals surface area (Å²) in [6.07, 6.45) is 0.308. The van der Waals surface area contributed by atoms with Crippen molar-refractivity contribution < 1.29 is 14.3 Å². The second kappa shape index (κ2) is 6.05. The maximum Gasteiger partial charge on any atom is 0.320 e. The van der Waals surface area contributed by atoms with Gasteiger partial charge in [0.2, 0.25) is 0 Å². The van der Waals surface area contributed by atoms with E-state index in [2.05, 4.69) is 11.4 Å². The average molecular weight is 276 g/mol. The van der Waals surface area contributed by atoms with Crippen molar-refractivity contribution in [2.24, 2.45) is 0 Å². The van der Waals surface area contributed by atoms with Crippen LogP contribution >= 0.6 is 0 Å². The molecule has 20 heavy (non-hydrogen) atoms. The third-order valence-corrected chi connectivity index (χ3v) is 3.56. The molecule has 0 saturated carbocycles. The van der Waals surface area contributed by atoms with Crippen molar-refractivity contribution in [3.63, 3.8) is 0 Å². The van der Waals surface area contributed by atoms with Crippen molar-refractivity contribution in [1.82, 2.24) is 4.90 Å². The number of fused-ring (bicyclic) bond motifs is 1. The van der Waals surface area contributed by atoms with E-state index in [1.165, 1.54) is 0 Å². The zero-order valence-corrected chi connectivity index (χ0v) is 12.1. The van der Waals surface area contributed by atoms with Gasteiger partial charge in [0.05, 0.1) is 13.2 Å². The number of ether oxygens (including phenoxy) is 1. The topological polar surface area (TPSA) is 58.6 Å². The molecule has 0 bridgehead atoms. The summed E-state index contributed by atoms with van der Waals surface area (Å²) >= 11 is 0. The van der Waals surface area contributed by atoms with Crippen molar-refractivity contribution in [3.8, 4) is 0 Å². The van der Waals surface area contributed by atoms with Crippen LogP contribution in [-0.2, 0) is 14.3 Å². The summed E-state index contributed by atoms with van der Waals surface area (Å²) in [5.41, 5.74) is 3.19. The van der Waals surface area contributed by atoms with Crippen LogP contribution in [0.1, 0.15) is 31.0 Å². The van der Waals surface area contributed by atoms with Crippen LogP contribution in [0, 0.1) is 6.92 Å². The van der Waals surface area contributed by atoms with E-state index in [0.717, 1.165) is 23.1 Å². The lowest BCUT2D eigenvalue weighted by atomic mass is 9.98. The van der Waals surface area contributed by atoms with Crippen LogP contribution in [0.4, 0.5) is 5.69 Å². The van der Waals surface area contributed by atoms with Crippen LogP contribution in [0.15, 0.2) is 18.2 Å². The van der Waals surface area contributed by atoms with Gasteiger partial charge >= 0.3 is 5.97 Å². The number of carbonyl (C=O) groups is 2. The Labute approximate surface area is 118 Å². The van der Waals surface area contributed by atoms with Gasteiger partial charge in [0.1, 0.15) is 6.17 Å². The van der Waals surface area contributed by atoms with E-state index in [1.54, 1.807) is 6.92 Å². The first kappa shape index (κ1) is 14.5. The lowest BCUT2D eigenvalue weighted by molar-refractivity contribution is -0.145. The third-order valence-electron chi connectivity index (χ3n) is 3.56. The molecular weight excluding hydrogens is 256 g/mol. The lowest BCUT2D eigenvalue weighted by Gasteiger charge is -2.39. The van der Waals surface area contributed by atoms with Crippen LogP contribution in [0.2, 0.25) is 0 Å². The Morgan fingerprint density at radius 2 is 2.25 bits per heavy atom. The average Bonchev–Trinajstić information content (AvgIpc) is 2.42. The number of esters is 1. The normalized spacial score (nSPS) is 21.8. The minimum atomic E-state index is -0.510. The Morgan fingerprint density at radius 3 is 2.90 bits per heavy atom. The predicted octanol–water partition coefficient (Wildman–Crippen LogP) is 1.87. The summed E-state index contributed by atoms with van der Waals surface area (Å²) in [5.74, 6) is -0.316. The molecule has 2 unspecified atom stereocenters. The molecule has 2 atom stereocenters. The second-order valence-electron chi connectivity index (χ2n) is 4.97. The van der Waals surface area contributed by atoms with E-state index in [-0.39, 0.29) is 18.6 Å². The first-order valence-corrected chi connectivity index (χ1v) is 6.80. The van der Waals surface area contributed by atoms with Crippen LogP contribution in [0.25, 0.3) is 0 Å². The number of carbonyl (C=O) groups excluding carboxylic acids is 2. The number of rotatable bonds is 4. The Balaban J connectivity index is 2.27. The number of nitrogens with zero attached hydrogens (tertiary/aromatic N) is 1. The van der Waals surface area contributed by atoms with Crippen molar-refractivity contribution in [2.45, 2.75) is 33.0 Å². The SMILES string of the molecule is CCOC(=O)CN1C(C=O)Nc2ccc(C)cc2C1C. The molecule has 0 spiro atoms. The highest BCUT2D eigenvalue weighted by atomic mass is 16.5. The number of aldehydes is 1. The van der Waals surface area contributed by atoms with Gasteiger partial charge < -0.3 is 10.1 Å². The standard InChI is InChI=1S/C15H20N2O3/c1-4-20-15(19)8-17-11(3)12-7-10(2)5-6-13(12)16-14(17)9-18/h5-7,9,11,14,16H,4,8H2,1-3H3. The Hall–Kier alpha value is -1.88. The Bertz CT molecular complexity index is 516. The summed E-state index contributed by atoms with van der Waals surface area (Å²) in [6.45, 7) is 6.23. The summed E-state index contributed by atoms with van der Waals surface area (Å²) < 4.78 is 4.97. The summed E-state index contributed by atoms with van der Waals surface area (Å²) in [6, 6.07) is 6.03. The zero-order chi connectivity index (χ0) is 14.7. The smallest absolute Gasteiger partial charge is 0.320 e. The minimum Gasteiger partial charge on any atom is -0.465 e. The summed E-state index contributed by atoms with van der Waals surface area (Å²) in [7, 11) is 0. The van der Waals surface area contributed by atoms with E-state index in [0.29, 0.717) is 6.61 Å². The number of hydrogen-bond donors (Lipinski definition) is 1. The van der Waals surface area contributed by atoms with Crippen molar-refractivity contribution in [1.29, 1.82) is 0 Å². The van der Waals surface area contributed by atoms with E-state index in [9.17, 15) is 9.59 Å².